The normalized spacial score (nSPS) is 15.7. The lowest BCUT2D eigenvalue weighted by Crippen LogP contribution is -2.54. The number of carboxylic acids is 1. The van der Waals surface area contributed by atoms with E-state index < -0.39 is 23.8 Å². The first-order valence-electron chi connectivity index (χ1n) is 8.82. The lowest BCUT2D eigenvalue weighted by Gasteiger charge is -2.26. The molecule has 0 unspecified atom stereocenters. The molecule has 2 aromatic carbocycles. The number of carbonyl (C=O) groups is 4. The average molecular weight is 468 g/mol. The van der Waals surface area contributed by atoms with E-state index in [2.05, 4.69) is 21.2 Å². The molecule has 0 spiro atoms. The van der Waals surface area contributed by atoms with Gasteiger partial charge in [0, 0.05) is 27.1 Å². The number of anilines is 1. The number of barbiturate groups is 1. The van der Waals surface area contributed by atoms with E-state index in [9.17, 15) is 19.2 Å². The zero-order chi connectivity index (χ0) is 21.4. The van der Waals surface area contributed by atoms with Crippen molar-refractivity contribution in [2.45, 2.75) is 6.54 Å². The zero-order valence-electron chi connectivity index (χ0n) is 15.3. The largest absolute Gasteiger partial charge is 0.480 e. The van der Waals surface area contributed by atoms with Crippen molar-refractivity contribution in [3.05, 3.63) is 70.3 Å². The number of aliphatic carboxylic acids is 1. The molecule has 9 heteroatoms. The Morgan fingerprint density at radius 3 is 2.60 bits per heavy atom. The molecule has 30 heavy (non-hydrogen) atoms. The first kappa shape index (κ1) is 19.6. The minimum absolute atomic E-state index is 0.229. The lowest BCUT2D eigenvalue weighted by atomic mass is 10.1. The molecule has 0 radical (unpaired) electrons. The summed E-state index contributed by atoms with van der Waals surface area (Å²) in [5.41, 5.74) is 1.22. The molecule has 4 rings (SSSR count). The monoisotopic (exact) mass is 467 g/mol. The van der Waals surface area contributed by atoms with Crippen molar-refractivity contribution in [2.75, 3.05) is 4.90 Å². The third kappa shape index (κ3) is 3.50. The van der Waals surface area contributed by atoms with Crippen molar-refractivity contribution >= 4 is 62.4 Å². The van der Waals surface area contributed by atoms with Crippen LogP contribution in [0.1, 0.15) is 5.56 Å². The van der Waals surface area contributed by atoms with Gasteiger partial charge in [0.1, 0.15) is 12.1 Å². The van der Waals surface area contributed by atoms with Crippen LogP contribution in [-0.2, 0) is 20.9 Å². The summed E-state index contributed by atoms with van der Waals surface area (Å²) in [4.78, 5) is 49.9. The molecular weight excluding hydrogens is 454 g/mol. The summed E-state index contributed by atoms with van der Waals surface area (Å²) in [5.74, 6) is -2.60. The molecule has 0 bridgehead atoms. The van der Waals surface area contributed by atoms with Crippen molar-refractivity contribution in [3.8, 4) is 0 Å². The number of amides is 4. The highest BCUT2D eigenvalue weighted by molar-refractivity contribution is 9.10. The maximum atomic E-state index is 13.0. The van der Waals surface area contributed by atoms with Gasteiger partial charge in [0.15, 0.2) is 0 Å². The van der Waals surface area contributed by atoms with Crippen LogP contribution in [-0.4, -0.2) is 33.5 Å². The minimum Gasteiger partial charge on any atom is -0.480 e. The third-order valence-corrected chi connectivity index (χ3v) is 5.09. The summed E-state index contributed by atoms with van der Waals surface area (Å²) in [5, 5.41) is 12.0. The van der Waals surface area contributed by atoms with Gasteiger partial charge in [0.25, 0.3) is 11.8 Å². The second-order valence-corrected chi connectivity index (χ2v) is 7.48. The molecule has 1 saturated heterocycles. The number of rotatable bonds is 4. The number of hydrogen-bond donors (Lipinski definition) is 2. The van der Waals surface area contributed by atoms with Crippen molar-refractivity contribution in [2.24, 2.45) is 0 Å². The van der Waals surface area contributed by atoms with Crippen LogP contribution in [0.25, 0.3) is 17.0 Å². The molecule has 1 aliphatic heterocycles. The van der Waals surface area contributed by atoms with Gasteiger partial charge in [-0.3, -0.25) is 19.7 Å². The van der Waals surface area contributed by atoms with Crippen LogP contribution in [0.3, 0.4) is 0 Å². The number of urea groups is 1. The Bertz CT molecular complexity index is 1260. The van der Waals surface area contributed by atoms with E-state index in [-0.39, 0.29) is 12.1 Å². The molecule has 0 aliphatic carbocycles. The second-order valence-electron chi connectivity index (χ2n) is 6.56. The fraction of sp³-hybridized carbons (Fsp3) is 0.0476. The van der Waals surface area contributed by atoms with E-state index in [0.29, 0.717) is 26.6 Å². The number of hydrogen-bond acceptors (Lipinski definition) is 4. The van der Waals surface area contributed by atoms with Gasteiger partial charge in [0.05, 0.1) is 5.69 Å². The fourth-order valence-corrected chi connectivity index (χ4v) is 3.72. The molecule has 0 saturated carbocycles. The van der Waals surface area contributed by atoms with Crippen LogP contribution >= 0.6 is 15.9 Å². The SMILES string of the molecule is O=C(O)Cn1cc(/C=C2\C(=O)NC(=O)N(c3cccc(Br)c3)C2=O)c2ccccc21. The Hall–Kier alpha value is -3.72. The molecule has 1 fully saturated rings. The molecule has 4 amide bonds. The molecule has 1 aromatic heterocycles. The number of imide groups is 2. The van der Waals surface area contributed by atoms with Gasteiger partial charge in [0.2, 0.25) is 0 Å². The summed E-state index contributed by atoms with van der Waals surface area (Å²) in [6.07, 6.45) is 2.93. The Balaban J connectivity index is 1.81. The van der Waals surface area contributed by atoms with Crippen LogP contribution in [0.15, 0.2) is 64.8 Å². The van der Waals surface area contributed by atoms with Gasteiger partial charge >= 0.3 is 12.0 Å². The molecule has 1 aliphatic rings. The van der Waals surface area contributed by atoms with Crippen LogP contribution in [0.2, 0.25) is 0 Å². The standard InChI is InChI=1S/C21H14BrN3O5/c22-13-4-3-5-14(9-13)25-20(29)16(19(28)23-21(25)30)8-12-10-24(11-18(26)27)17-7-2-1-6-15(12)17/h1-10H,11H2,(H,26,27)(H,23,28,30)/b16-8+. The Labute approximate surface area is 178 Å². The number of carboxylic acid groups (broad SMARTS) is 1. The Morgan fingerprint density at radius 2 is 1.87 bits per heavy atom. The van der Waals surface area contributed by atoms with Crippen LogP contribution in [0, 0.1) is 0 Å². The van der Waals surface area contributed by atoms with Gasteiger partial charge in [-0.2, -0.15) is 0 Å². The van der Waals surface area contributed by atoms with Gasteiger partial charge in [-0.15, -0.1) is 0 Å². The average Bonchev–Trinajstić information content (AvgIpc) is 3.02. The predicted octanol–water partition coefficient (Wildman–Crippen LogP) is 3.15. The number of nitrogens with one attached hydrogen (secondary N) is 1. The number of aromatic nitrogens is 1. The fourth-order valence-electron chi connectivity index (χ4n) is 3.33. The molecule has 0 atom stereocenters. The number of halogens is 1. The van der Waals surface area contributed by atoms with Crippen LogP contribution in [0.4, 0.5) is 10.5 Å². The maximum Gasteiger partial charge on any atom is 0.335 e. The summed E-state index contributed by atoms with van der Waals surface area (Å²) >= 11 is 3.30. The molecular formula is C21H14BrN3O5. The molecule has 3 aromatic rings. The van der Waals surface area contributed by atoms with Crippen molar-refractivity contribution in [3.63, 3.8) is 0 Å². The van der Waals surface area contributed by atoms with Gasteiger partial charge in [-0.05, 0) is 30.3 Å². The van der Waals surface area contributed by atoms with E-state index >= 15 is 0 Å². The first-order valence-corrected chi connectivity index (χ1v) is 9.61. The van der Waals surface area contributed by atoms with E-state index in [1.54, 1.807) is 54.7 Å². The number of nitrogens with zero attached hydrogens (tertiary/aromatic N) is 2. The highest BCUT2D eigenvalue weighted by Gasteiger charge is 2.37. The number of carbonyl (C=O) groups excluding carboxylic acids is 3. The van der Waals surface area contributed by atoms with Crippen LogP contribution in [0.5, 0.6) is 0 Å². The van der Waals surface area contributed by atoms with Crippen LogP contribution < -0.4 is 10.2 Å². The highest BCUT2D eigenvalue weighted by atomic mass is 79.9. The van der Waals surface area contributed by atoms with Crippen molar-refractivity contribution in [1.82, 2.24) is 9.88 Å². The Morgan fingerprint density at radius 1 is 1.10 bits per heavy atom. The summed E-state index contributed by atoms with van der Waals surface area (Å²) in [6.45, 7) is -0.271. The molecule has 2 heterocycles. The second kappa shape index (κ2) is 7.60. The van der Waals surface area contributed by atoms with E-state index in [1.807, 2.05) is 0 Å². The van der Waals surface area contributed by atoms with Gasteiger partial charge < -0.3 is 9.67 Å². The maximum absolute atomic E-state index is 13.0. The summed E-state index contributed by atoms with van der Waals surface area (Å²) < 4.78 is 2.19. The highest BCUT2D eigenvalue weighted by Crippen LogP contribution is 2.27. The topological polar surface area (TPSA) is 109 Å². The number of benzene rings is 2. The molecule has 2 N–H and O–H groups in total. The van der Waals surface area contributed by atoms with Crippen molar-refractivity contribution in [1.29, 1.82) is 0 Å². The number of fused-ring (bicyclic) bond motifs is 1. The molecule has 150 valence electrons. The third-order valence-electron chi connectivity index (χ3n) is 4.59. The first-order chi connectivity index (χ1) is 14.3. The van der Waals surface area contributed by atoms with E-state index in [0.717, 1.165) is 4.90 Å². The van der Waals surface area contributed by atoms with Crippen molar-refractivity contribution < 1.29 is 24.3 Å². The predicted molar refractivity (Wildman–Crippen MR) is 113 cm³/mol. The quantitative estimate of drug-likeness (QED) is 0.452. The molecule has 8 nitrogen and oxygen atoms in total. The van der Waals surface area contributed by atoms with E-state index in [4.69, 9.17) is 5.11 Å². The lowest BCUT2D eigenvalue weighted by molar-refractivity contribution is -0.137. The zero-order valence-corrected chi connectivity index (χ0v) is 16.9. The smallest absolute Gasteiger partial charge is 0.335 e. The summed E-state index contributed by atoms with van der Waals surface area (Å²) in [7, 11) is 0. The number of para-hydroxylation sites is 1. The van der Waals surface area contributed by atoms with Gasteiger partial charge in [-0.1, -0.05) is 40.2 Å². The Kier molecular flexibility index (Phi) is 4.96. The van der Waals surface area contributed by atoms with Gasteiger partial charge in [-0.25, -0.2) is 9.69 Å². The minimum atomic E-state index is -1.02. The van der Waals surface area contributed by atoms with E-state index in [1.165, 1.54) is 10.6 Å². The summed E-state index contributed by atoms with van der Waals surface area (Å²) in [6, 6.07) is 12.8.